The number of rotatable bonds is 5. The molecule has 0 radical (unpaired) electrons. The Balaban J connectivity index is 1.70. The minimum Gasteiger partial charge on any atom is -0.450 e. The van der Waals surface area contributed by atoms with E-state index in [4.69, 9.17) is 18.9 Å². The van der Waals surface area contributed by atoms with E-state index < -0.39 is 30.1 Å². The number of nitrogens with one attached hydrogen (secondary N) is 1. The largest absolute Gasteiger partial charge is 0.450 e. The molecule has 2 saturated heterocycles. The number of hydrogen-bond donors (Lipinski definition) is 3. The van der Waals surface area contributed by atoms with Crippen LogP contribution in [0.2, 0.25) is 0 Å². The minimum absolute atomic E-state index is 0.0131. The van der Waals surface area contributed by atoms with Crippen LogP contribution < -0.4 is 5.32 Å². The number of alkyl carbamates (subject to hydrolysis) is 1. The lowest BCUT2D eigenvalue weighted by Gasteiger charge is -2.57. The van der Waals surface area contributed by atoms with Gasteiger partial charge in [-0.15, -0.1) is 0 Å². The molecule has 8 heteroatoms. The third-order valence-electron chi connectivity index (χ3n) is 6.72. The van der Waals surface area contributed by atoms with Gasteiger partial charge in [-0.1, -0.05) is 13.8 Å². The van der Waals surface area contributed by atoms with E-state index in [1.165, 1.54) is 0 Å². The minimum atomic E-state index is -1.35. The summed E-state index contributed by atoms with van der Waals surface area (Å²) in [6.07, 6.45) is 1.04. The average molecular weight is 402 g/mol. The zero-order chi connectivity index (χ0) is 20.5. The topological polar surface area (TPSA) is 106 Å². The molecule has 2 aliphatic heterocycles. The van der Waals surface area contributed by atoms with E-state index in [1.54, 1.807) is 13.8 Å². The normalized spacial score (nSPS) is 45.6. The number of carbonyl (C=O) groups excluding carboxylic acids is 1. The highest BCUT2D eigenvalue weighted by molar-refractivity contribution is 5.66. The second-order valence-electron chi connectivity index (χ2n) is 8.70. The maximum absolute atomic E-state index is 11.8. The van der Waals surface area contributed by atoms with Crippen molar-refractivity contribution >= 4 is 6.09 Å². The zero-order valence-electron chi connectivity index (χ0n) is 17.3. The number of carbonyl (C=O) groups is 1. The van der Waals surface area contributed by atoms with Crippen molar-refractivity contribution in [1.29, 1.82) is 0 Å². The van der Waals surface area contributed by atoms with Gasteiger partial charge in [-0.05, 0) is 44.9 Å². The van der Waals surface area contributed by atoms with Crippen LogP contribution in [-0.4, -0.2) is 60.0 Å². The summed E-state index contributed by atoms with van der Waals surface area (Å²) in [5, 5.41) is 24.9. The molecule has 3 aliphatic rings. The van der Waals surface area contributed by atoms with Gasteiger partial charge in [0, 0.05) is 24.8 Å². The summed E-state index contributed by atoms with van der Waals surface area (Å²) in [4.78, 5) is 11.4. The Hall–Kier alpha value is -0.930. The molecule has 3 fully saturated rings. The van der Waals surface area contributed by atoms with Crippen LogP contribution in [0.5, 0.6) is 0 Å². The monoisotopic (exact) mass is 401 g/mol. The van der Waals surface area contributed by atoms with E-state index >= 15 is 0 Å². The van der Waals surface area contributed by atoms with Crippen molar-refractivity contribution < 1.29 is 34.0 Å². The van der Waals surface area contributed by atoms with Crippen molar-refractivity contribution in [3.8, 4) is 0 Å². The molecule has 0 aromatic heterocycles. The van der Waals surface area contributed by atoms with Crippen LogP contribution in [-0.2, 0) is 18.9 Å². The van der Waals surface area contributed by atoms with E-state index in [1.807, 2.05) is 6.92 Å². The van der Waals surface area contributed by atoms with Gasteiger partial charge in [-0.3, -0.25) is 0 Å². The molecule has 28 heavy (non-hydrogen) atoms. The zero-order valence-corrected chi connectivity index (χ0v) is 17.3. The summed E-state index contributed by atoms with van der Waals surface area (Å²) in [7, 11) is 0. The Morgan fingerprint density at radius 2 is 1.96 bits per heavy atom. The third kappa shape index (κ3) is 4.16. The fourth-order valence-corrected chi connectivity index (χ4v) is 5.24. The fourth-order valence-electron chi connectivity index (χ4n) is 5.24. The second kappa shape index (κ2) is 8.44. The molecule has 3 rings (SSSR count). The Morgan fingerprint density at radius 3 is 2.68 bits per heavy atom. The summed E-state index contributed by atoms with van der Waals surface area (Å²) >= 11 is 0. The van der Waals surface area contributed by atoms with Gasteiger partial charge in [-0.2, -0.15) is 0 Å². The maximum Gasteiger partial charge on any atom is 0.407 e. The van der Waals surface area contributed by atoms with Gasteiger partial charge in [-0.25, -0.2) is 4.79 Å². The molecule has 8 nitrogen and oxygen atoms in total. The number of amides is 1. The molecule has 0 spiro atoms. The first kappa shape index (κ1) is 21.8. The molecule has 1 saturated carbocycles. The lowest BCUT2D eigenvalue weighted by atomic mass is 9.58. The van der Waals surface area contributed by atoms with E-state index in [2.05, 4.69) is 12.2 Å². The highest BCUT2D eigenvalue weighted by atomic mass is 16.8. The molecular formula is C20H35NO7. The first-order valence-corrected chi connectivity index (χ1v) is 10.5. The summed E-state index contributed by atoms with van der Waals surface area (Å²) in [6, 6.07) is 0. The van der Waals surface area contributed by atoms with Crippen LogP contribution in [0.15, 0.2) is 0 Å². The van der Waals surface area contributed by atoms with Gasteiger partial charge in [0.2, 0.25) is 0 Å². The van der Waals surface area contributed by atoms with Crippen LogP contribution in [0.3, 0.4) is 0 Å². The molecular weight excluding hydrogens is 366 g/mol. The van der Waals surface area contributed by atoms with Gasteiger partial charge in [0.15, 0.2) is 18.4 Å². The van der Waals surface area contributed by atoms with Crippen molar-refractivity contribution in [2.75, 3.05) is 19.8 Å². The smallest absolute Gasteiger partial charge is 0.407 e. The fraction of sp³-hybridized carbons (Fsp3) is 0.950. The highest BCUT2D eigenvalue weighted by Crippen LogP contribution is 2.55. The quantitative estimate of drug-likeness (QED) is 0.605. The molecule has 3 N–H and O–H groups in total. The van der Waals surface area contributed by atoms with E-state index in [-0.39, 0.29) is 24.4 Å². The summed E-state index contributed by atoms with van der Waals surface area (Å²) in [5.74, 6) is -1.07. The maximum atomic E-state index is 11.8. The third-order valence-corrected chi connectivity index (χ3v) is 6.72. The molecule has 2 heterocycles. The van der Waals surface area contributed by atoms with Crippen molar-refractivity contribution in [2.24, 2.45) is 23.7 Å². The van der Waals surface area contributed by atoms with Crippen LogP contribution in [0.25, 0.3) is 0 Å². The summed E-state index contributed by atoms with van der Waals surface area (Å²) in [5.41, 5.74) is -1.14. The van der Waals surface area contributed by atoms with Crippen LogP contribution >= 0.6 is 0 Å². The summed E-state index contributed by atoms with van der Waals surface area (Å²) in [6.45, 7) is 8.41. The van der Waals surface area contributed by atoms with Crippen LogP contribution in [0.4, 0.5) is 4.79 Å². The molecule has 0 aromatic rings. The predicted octanol–water partition coefficient (Wildman–Crippen LogP) is 1.98. The van der Waals surface area contributed by atoms with Gasteiger partial charge in [0.25, 0.3) is 0 Å². The standard InChI is InChI=1S/C20H35NO7/c1-5-25-18(22)21-10-11-26-16-13(3)15-7-6-12(2)14-8-9-19(4,23)28-17(27-16)20(14,15)24/h12-17,23-24H,5-11H2,1-4H3,(H,21,22)/t12-,13-,14?,15?,16?,17-,19+,20-/m1/s1. The Morgan fingerprint density at radius 1 is 1.21 bits per heavy atom. The lowest BCUT2D eigenvalue weighted by Crippen LogP contribution is -2.67. The molecule has 1 aliphatic carbocycles. The average Bonchev–Trinajstić information content (AvgIpc) is 2.71. The Kier molecular flexibility index (Phi) is 6.56. The van der Waals surface area contributed by atoms with E-state index in [9.17, 15) is 15.0 Å². The molecule has 8 atom stereocenters. The first-order chi connectivity index (χ1) is 13.2. The van der Waals surface area contributed by atoms with E-state index in [0.29, 0.717) is 31.9 Å². The summed E-state index contributed by atoms with van der Waals surface area (Å²) < 4.78 is 22.6. The highest BCUT2D eigenvalue weighted by Gasteiger charge is 2.63. The second-order valence-corrected chi connectivity index (χ2v) is 8.70. The molecule has 162 valence electrons. The molecule has 0 aromatic carbocycles. The lowest BCUT2D eigenvalue weighted by molar-refractivity contribution is -0.407. The van der Waals surface area contributed by atoms with Gasteiger partial charge < -0.3 is 34.5 Å². The number of aliphatic hydroxyl groups is 2. The van der Waals surface area contributed by atoms with Crippen molar-refractivity contribution in [1.82, 2.24) is 5.32 Å². The number of hydrogen-bond acceptors (Lipinski definition) is 7. The van der Waals surface area contributed by atoms with Gasteiger partial charge in [0.05, 0.1) is 13.2 Å². The van der Waals surface area contributed by atoms with Crippen molar-refractivity contribution in [3.63, 3.8) is 0 Å². The Bertz CT molecular complexity index is 557. The molecule has 1 amide bonds. The predicted molar refractivity (Wildman–Crippen MR) is 100 cm³/mol. The van der Waals surface area contributed by atoms with Crippen LogP contribution in [0.1, 0.15) is 53.4 Å². The molecule has 0 bridgehead atoms. The Labute approximate surface area is 166 Å². The van der Waals surface area contributed by atoms with Crippen molar-refractivity contribution in [2.45, 2.75) is 77.3 Å². The van der Waals surface area contributed by atoms with Gasteiger partial charge in [0.1, 0.15) is 5.60 Å². The van der Waals surface area contributed by atoms with Crippen molar-refractivity contribution in [3.05, 3.63) is 0 Å². The molecule has 3 unspecified atom stereocenters. The van der Waals surface area contributed by atoms with Gasteiger partial charge >= 0.3 is 6.09 Å². The number of ether oxygens (including phenoxy) is 4. The SMILES string of the molecule is CCOC(=O)NCCOC1O[C@@H]2O[C@](C)(O)CCC3[C@H](C)CCC([C@H]1C)[C@]32O. The van der Waals surface area contributed by atoms with Crippen LogP contribution in [0, 0.1) is 23.7 Å². The van der Waals surface area contributed by atoms with E-state index in [0.717, 1.165) is 12.8 Å². The first-order valence-electron chi connectivity index (χ1n) is 10.5.